The molecule has 7 heteroatoms. The molecular formula is C13H21BrN2O3S. The van der Waals surface area contributed by atoms with Crippen LogP contribution in [0.4, 0.5) is 0 Å². The summed E-state index contributed by atoms with van der Waals surface area (Å²) in [5, 5.41) is 0. The average molecular weight is 365 g/mol. The molecule has 0 spiro atoms. The van der Waals surface area contributed by atoms with Crippen LogP contribution in [0.2, 0.25) is 0 Å². The second-order valence-corrected chi connectivity index (χ2v) is 7.98. The maximum atomic E-state index is 12.7. The predicted octanol–water partition coefficient (Wildman–Crippen LogP) is 2.70. The maximum absolute atomic E-state index is 12.7. The summed E-state index contributed by atoms with van der Waals surface area (Å²) < 4.78 is 32.5. The van der Waals surface area contributed by atoms with Crippen molar-refractivity contribution in [2.24, 2.45) is 11.1 Å². The number of nitrogens with two attached hydrogens (primary N) is 1. The maximum Gasteiger partial charge on any atom is 0.247 e. The van der Waals surface area contributed by atoms with Gasteiger partial charge < -0.3 is 10.2 Å². The van der Waals surface area contributed by atoms with Crippen molar-refractivity contribution in [2.75, 3.05) is 13.1 Å². The topological polar surface area (TPSA) is 76.5 Å². The highest BCUT2D eigenvalue weighted by Crippen LogP contribution is 2.40. The molecule has 0 unspecified atom stereocenters. The molecule has 5 nitrogen and oxygen atoms in total. The van der Waals surface area contributed by atoms with Crippen molar-refractivity contribution in [1.29, 1.82) is 0 Å². The highest BCUT2D eigenvalue weighted by molar-refractivity contribution is 9.10. The molecular weight excluding hydrogens is 344 g/mol. The monoisotopic (exact) mass is 364 g/mol. The van der Waals surface area contributed by atoms with Crippen LogP contribution in [0.15, 0.2) is 20.0 Å². The molecule has 20 heavy (non-hydrogen) atoms. The SMILES string of the molecule is CCC1(CC)CCN(S(=O)(=O)c2cc(CN)oc2Br)C1. The normalized spacial score (nSPS) is 19.6. The summed E-state index contributed by atoms with van der Waals surface area (Å²) in [5.41, 5.74) is 5.60. The number of furan rings is 1. The first-order chi connectivity index (χ1) is 9.38. The van der Waals surface area contributed by atoms with Crippen LogP contribution in [0.25, 0.3) is 0 Å². The summed E-state index contributed by atoms with van der Waals surface area (Å²) in [6.45, 7) is 5.58. The Labute approximate surface area is 128 Å². The fourth-order valence-electron chi connectivity index (χ4n) is 2.74. The molecule has 0 aliphatic carbocycles. The third-order valence-corrected chi connectivity index (χ3v) is 7.13. The van der Waals surface area contributed by atoms with E-state index in [0.717, 1.165) is 19.3 Å². The number of sulfonamides is 1. The van der Waals surface area contributed by atoms with E-state index in [-0.39, 0.29) is 21.5 Å². The van der Waals surface area contributed by atoms with E-state index in [1.165, 1.54) is 6.07 Å². The van der Waals surface area contributed by atoms with Gasteiger partial charge in [0.1, 0.15) is 10.7 Å². The molecule has 1 aliphatic heterocycles. The Morgan fingerprint density at radius 1 is 1.45 bits per heavy atom. The van der Waals surface area contributed by atoms with Crippen molar-refractivity contribution in [3.8, 4) is 0 Å². The highest BCUT2D eigenvalue weighted by Gasteiger charge is 2.41. The quantitative estimate of drug-likeness (QED) is 0.871. The number of hydrogen-bond acceptors (Lipinski definition) is 4. The lowest BCUT2D eigenvalue weighted by Crippen LogP contribution is -2.31. The van der Waals surface area contributed by atoms with Crippen molar-refractivity contribution < 1.29 is 12.8 Å². The minimum atomic E-state index is -3.51. The van der Waals surface area contributed by atoms with Gasteiger partial charge >= 0.3 is 0 Å². The largest absolute Gasteiger partial charge is 0.452 e. The summed E-state index contributed by atoms with van der Waals surface area (Å²) in [6, 6.07) is 1.51. The molecule has 2 heterocycles. The first-order valence-corrected chi connectivity index (χ1v) is 9.10. The highest BCUT2D eigenvalue weighted by atomic mass is 79.9. The van der Waals surface area contributed by atoms with E-state index in [1.807, 2.05) is 0 Å². The molecule has 1 aromatic rings. The molecule has 2 N–H and O–H groups in total. The van der Waals surface area contributed by atoms with E-state index in [0.29, 0.717) is 18.8 Å². The Kier molecular flexibility index (Phi) is 4.63. The van der Waals surface area contributed by atoms with Crippen molar-refractivity contribution in [1.82, 2.24) is 4.31 Å². The Balaban J connectivity index is 2.30. The number of halogens is 1. The standard InChI is InChI=1S/C13H21BrN2O3S/c1-3-13(4-2)5-6-16(9-13)20(17,18)11-7-10(8-15)19-12(11)14/h7H,3-6,8-9,15H2,1-2H3. The Morgan fingerprint density at radius 2 is 2.10 bits per heavy atom. The summed E-state index contributed by atoms with van der Waals surface area (Å²) in [7, 11) is -3.51. The van der Waals surface area contributed by atoms with Gasteiger partial charge in [-0.25, -0.2) is 8.42 Å². The van der Waals surface area contributed by atoms with E-state index in [9.17, 15) is 8.42 Å². The molecule has 1 fully saturated rings. The zero-order valence-corrected chi connectivity index (χ0v) is 14.3. The third-order valence-electron chi connectivity index (χ3n) is 4.43. The van der Waals surface area contributed by atoms with Crippen molar-refractivity contribution >= 4 is 26.0 Å². The Hall–Kier alpha value is -0.370. The van der Waals surface area contributed by atoms with Gasteiger partial charge in [-0.05, 0) is 40.6 Å². The van der Waals surface area contributed by atoms with Crippen molar-refractivity contribution in [3.63, 3.8) is 0 Å². The van der Waals surface area contributed by atoms with Gasteiger partial charge in [-0.3, -0.25) is 0 Å². The van der Waals surface area contributed by atoms with Crippen LogP contribution in [0.3, 0.4) is 0 Å². The average Bonchev–Trinajstić information content (AvgIpc) is 3.03. The molecule has 0 amide bonds. The lowest BCUT2D eigenvalue weighted by atomic mass is 9.82. The van der Waals surface area contributed by atoms with Crippen molar-refractivity contribution in [3.05, 3.63) is 16.5 Å². The lowest BCUT2D eigenvalue weighted by Gasteiger charge is -2.26. The summed E-state index contributed by atoms with van der Waals surface area (Å²) in [6.07, 6.45) is 2.91. The van der Waals surface area contributed by atoms with E-state index >= 15 is 0 Å². The van der Waals surface area contributed by atoms with Crippen LogP contribution in [0.1, 0.15) is 38.9 Å². The second kappa shape index (κ2) is 5.79. The molecule has 1 aromatic heterocycles. The molecule has 0 saturated carbocycles. The summed E-state index contributed by atoms with van der Waals surface area (Å²) >= 11 is 3.18. The Morgan fingerprint density at radius 3 is 2.55 bits per heavy atom. The second-order valence-electron chi connectivity index (χ2n) is 5.35. The van der Waals surface area contributed by atoms with Crippen LogP contribution < -0.4 is 5.73 Å². The smallest absolute Gasteiger partial charge is 0.247 e. The van der Waals surface area contributed by atoms with E-state index in [2.05, 4.69) is 29.8 Å². The van der Waals surface area contributed by atoms with Gasteiger partial charge in [0.15, 0.2) is 4.67 Å². The molecule has 0 atom stereocenters. The fraction of sp³-hybridized carbons (Fsp3) is 0.692. The zero-order chi connectivity index (χ0) is 15.0. The van der Waals surface area contributed by atoms with Crippen LogP contribution in [-0.2, 0) is 16.6 Å². The van der Waals surface area contributed by atoms with Gasteiger partial charge in [-0.2, -0.15) is 4.31 Å². The van der Waals surface area contributed by atoms with Gasteiger partial charge in [0, 0.05) is 19.2 Å². The molecule has 2 rings (SSSR count). The number of nitrogens with zero attached hydrogens (tertiary/aromatic N) is 1. The molecule has 1 aliphatic rings. The van der Waals surface area contributed by atoms with E-state index in [4.69, 9.17) is 10.2 Å². The minimum absolute atomic E-state index is 0.111. The lowest BCUT2D eigenvalue weighted by molar-refractivity contribution is 0.279. The van der Waals surface area contributed by atoms with Crippen molar-refractivity contribution in [2.45, 2.75) is 44.6 Å². The van der Waals surface area contributed by atoms with Crippen LogP contribution in [0.5, 0.6) is 0 Å². The molecule has 1 saturated heterocycles. The fourth-order valence-corrected chi connectivity index (χ4v) is 5.25. The predicted molar refractivity (Wildman–Crippen MR) is 80.7 cm³/mol. The van der Waals surface area contributed by atoms with Gasteiger partial charge in [0.05, 0.1) is 6.54 Å². The Bertz CT molecular complexity index is 578. The minimum Gasteiger partial charge on any atom is -0.452 e. The summed E-state index contributed by atoms with van der Waals surface area (Å²) in [5.74, 6) is 0.465. The number of hydrogen-bond donors (Lipinski definition) is 1. The third kappa shape index (κ3) is 2.68. The first-order valence-electron chi connectivity index (χ1n) is 6.87. The van der Waals surface area contributed by atoms with Crippen LogP contribution >= 0.6 is 15.9 Å². The molecule has 0 aromatic carbocycles. The van der Waals surface area contributed by atoms with Crippen LogP contribution in [-0.4, -0.2) is 25.8 Å². The summed E-state index contributed by atoms with van der Waals surface area (Å²) in [4.78, 5) is 0.181. The van der Waals surface area contributed by atoms with Gasteiger partial charge in [-0.15, -0.1) is 0 Å². The van der Waals surface area contributed by atoms with Gasteiger partial charge in [-0.1, -0.05) is 13.8 Å². The molecule has 0 bridgehead atoms. The van der Waals surface area contributed by atoms with Gasteiger partial charge in [0.25, 0.3) is 0 Å². The van der Waals surface area contributed by atoms with E-state index in [1.54, 1.807) is 4.31 Å². The zero-order valence-electron chi connectivity index (χ0n) is 11.9. The molecule has 114 valence electrons. The van der Waals surface area contributed by atoms with Crippen LogP contribution in [0, 0.1) is 5.41 Å². The van der Waals surface area contributed by atoms with Gasteiger partial charge in [0.2, 0.25) is 10.0 Å². The first kappa shape index (κ1) is 16.0. The molecule has 0 radical (unpaired) electrons. The van der Waals surface area contributed by atoms with E-state index < -0.39 is 10.0 Å². The number of rotatable bonds is 5.